The van der Waals surface area contributed by atoms with Crippen LogP contribution in [0.3, 0.4) is 0 Å². The molecule has 1 atom stereocenters. The lowest BCUT2D eigenvalue weighted by Crippen LogP contribution is -2.33. The Bertz CT molecular complexity index is 1060. The predicted molar refractivity (Wildman–Crippen MR) is 121 cm³/mol. The molecule has 0 saturated heterocycles. The van der Waals surface area contributed by atoms with Crippen LogP contribution >= 0.6 is 11.6 Å². The number of ketones is 1. The number of aryl methyl sites for hydroxylation is 2. The molecule has 0 unspecified atom stereocenters. The third-order valence-corrected chi connectivity index (χ3v) is 5.18. The number of anilines is 1. The zero-order chi connectivity index (χ0) is 21.7. The standard InChI is InChI=1S/C25H24ClNO3/c1-4-23(30-20-12-10-16(2)17(3)14-20)25(29)27-22-13-11-19(26)15-21(22)24(28)18-8-6-5-7-9-18/h5-15,23H,4H2,1-3H3,(H,27,29)/t23-/m0/s1. The average Bonchev–Trinajstić information content (AvgIpc) is 2.75. The van der Waals surface area contributed by atoms with Crippen LogP contribution in [0.2, 0.25) is 5.02 Å². The summed E-state index contributed by atoms with van der Waals surface area (Å²) in [5.41, 5.74) is 3.51. The van der Waals surface area contributed by atoms with Gasteiger partial charge in [0.1, 0.15) is 5.75 Å². The van der Waals surface area contributed by atoms with Gasteiger partial charge >= 0.3 is 0 Å². The summed E-state index contributed by atoms with van der Waals surface area (Å²) >= 11 is 6.12. The summed E-state index contributed by atoms with van der Waals surface area (Å²) in [5, 5.41) is 3.26. The molecular weight excluding hydrogens is 398 g/mol. The molecule has 0 aliphatic rings. The topological polar surface area (TPSA) is 55.4 Å². The lowest BCUT2D eigenvalue weighted by atomic mass is 10.0. The van der Waals surface area contributed by atoms with Crippen molar-refractivity contribution in [3.05, 3.63) is 94.0 Å². The summed E-state index contributed by atoms with van der Waals surface area (Å²) in [6.45, 7) is 5.90. The molecule has 5 heteroatoms. The monoisotopic (exact) mass is 421 g/mol. The Morgan fingerprint density at radius 3 is 2.37 bits per heavy atom. The molecule has 0 radical (unpaired) electrons. The Balaban J connectivity index is 1.83. The maximum absolute atomic E-state index is 13.0. The highest BCUT2D eigenvalue weighted by molar-refractivity contribution is 6.31. The molecule has 0 spiro atoms. The van der Waals surface area contributed by atoms with Gasteiger partial charge in [-0.25, -0.2) is 0 Å². The number of rotatable bonds is 7. The van der Waals surface area contributed by atoms with Crippen LogP contribution < -0.4 is 10.1 Å². The molecule has 0 bridgehead atoms. The van der Waals surface area contributed by atoms with Gasteiger partial charge in [-0.05, 0) is 61.7 Å². The Kier molecular flexibility index (Phi) is 6.91. The number of carbonyl (C=O) groups excluding carboxylic acids is 2. The summed E-state index contributed by atoms with van der Waals surface area (Å²) in [7, 11) is 0. The first kappa shape index (κ1) is 21.6. The van der Waals surface area contributed by atoms with Gasteiger partial charge in [0, 0.05) is 16.1 Å². The van der Waals surface area contributed by atoms with Crippen molar-refractivity contribution in [1.82, 2.24) is 0 Å². The summed E-state index contributed by atoms with van der Waals surface area (Å²) in [6, 6.07) is 19.5. The number of nitrogens with one attached hydrogen (secondary N) is 1. The van der Waals surface area contributed by atoms with Crippen LogP contribution in [0.4, 0.5) is 5.69 Å². The minimum Gasteiger partial charge on any atom is -0.481 e. The predicted octanol–water partition coefficient (Wildman–Crippen LogP) is 5.98. The quantitative estimate of drug-likeness (QED) is 0.477. The van der Waals surface area contributed by atoms with Gasteiger partial charge in [0.2, 0.25) is 0 Å². The SMILES string of the molecule is CC[C@H](Oc1ccc(C)c(C)c1)C(=O)Nc1ccc(Cl)cc1C(=O)c1ccccc1. The van der Waals surface area contributed by atoms with Crippen molar-refractivity contribution >= 4 is 29.0 Å². The van der Waals surface area contributed by atoms with Crippen LogP contribution in [0.15, 0.2) is 66.7 Å². The van der Waals surface area contributed by atoms with Gasteiger partial charge < -0.3 is 10.1 Å². The number of halogens is 1. The first-order valence-electron chi connectivity index (χ1n) is 9.83. The highest BCUT2D eigenvalue weighted by atomic mass is 35.5. The van der Waals surface area contributed by atoms with Gasteiger partial charge in [-0.15, -0.1) is 0 Å². The second kappa shape index (κ2) is 9.59. The normalized spacial score (nSPS) is 11.6. The van der Waals surface area contributed by atoms with E-state index in [-0.39, 0.29) is 11.7 Å². The van der Waals surface area contributed by atoms with E-state index in [1.807, 2.05) is 45.0 Å². The van der Waals surface area contributed by atoms with E-state index in [4.69, 9.17) is 16.3 Å². The first-order valence-corrected chi connectivity index (χ1v) is 10.2. The molecule has 0 aliphatic carbocycles. The second-order valence-electron chi connectivity index (χ2n) is 7.14. The number of benzene rings is 3. The number of hydrogen-bond acceptors (Lipinski definition) is 3. The van der Waals surface area contributed by atoms with Crippen molar-refractivity contribution < 1.29 is 14.3 Å². The Morgan fingerprint density at radius 2 is 1.70 bits per heavy atom. The summed E-state index contributed by atoms with van der Waals surface area (Å²) < 4.78 is 5.92. The molecule has 154 valence electrons. The third-order valence-electron chi connectivity index (χ3n) is 4.94. The maximum Gasteiger partial charge on any atom is 0.265 e. The fourth-order valence-corrected chi connectivity index (χ4v) is 3.22. The summed E-state index contributed by atoms with van der Waals surface area (Å²) in [6.07, 6.45) is -0.212. The Hall–Kier alpha value is -3.11. The second-order valence-corrected chi connectivity index (χ2v) is 7.57. The third kappa shape index (κ3) is 5.08. The van der Waals surface area contributed by atoms with Crippen LogP contribution in [-0.4, -0.2) is 17.8 Å². The molecule has 3 aromatic carbocycles. The van der Waals surface area contributed by atoms with Crippen molar-refractivity contribution in [1.29, 1.82) is 0 Å². The fourth-order valence-electron chi connectivity index (χ4n) is 3.05. The van der Waals surface area contributed by atoms with E-state index in [0.717, 1.165) is 11.1 Å². The molecular formula is C25H24ClNO3. The van der Waals surface area contributed by atoms with Crippen LogP contribution in [0, 0.1) is 13.8 Å². The highest BCUT2D eigenvalue weighted by Crippen LogP contribution is 2.25. The average molecular weight is 422 g/mol. The van der Waals surface area contributed by atoms with Gasteiger partial charge in [0.15, 0.2) is 11.9 Å². The Labute approximate surface area is 181 Å². The zero-order valence-electron chi connectivity index (χ0n) is 17.2. The van der Waals surface area contributed by atoms with Gasteiger partial charge in [0.05, 0.1) is 5.69 Å². The van der Waals surface area contributed by atoms with Gasteiger partial charge in [-0.3, -0.25) is 9.59 Å². The summed E-state index contributed by atoms with van der Waals surface area (Å²) in [5.74, 6) is 0.105. The van der Waals surface area contributed by atoms with E-state index < -0.39 is 6.10 Å². The molecule has 3 aromatic rings. The first-order chi connectivity index (χ1) is 14.4. The highest BCUT2D eigenvalue weighted by Gasteiger charge is 2.22. The van der Waals surface area contributed by atoms with Gasteiger partial charge in [-0.2, -0.15) is 0 Å². The molecule has 0 saturated carbocycles. The zero-order valence-corrected chi connectivity index (χ0v) is 18.0. The van der Waals surface area contributed by atoms with E-state index in [1.165, 1.54) is 0 Å². The number of ether oxygens (including phenoxy) is 1. The largest absolute Gasteiger partial charge is 0.481 e. The molecule has 1 N–H and O–H groups in total. The van der Waals surface area contributed by atoms with Gasteiger partial charge in [0.25, 0.3) is 5.91 Å². The van der Waals surface area contributed by atoms with Crippen molar-refractivity contribution in [2.45, 2.75) is 33.3 Å². The fraction of sp³-hybridized carbons (Fsp3) is 0.200. The van der Waals surface area contributed by atoms with Crippen molar-refractivity contribution in [2.24, 2.45) is 0 Å². The van der Waals surface area contributed by atoms with E-state index in [2.05, 4.69) is 5.32 Å². The molecule has 1 amide bonds. The van der Waals surface area contributed by atoms with Crippen LogP contribution in [0.25, 0.3) is 0 Å². The molecule has 4 nitrogen and oxygen atoms in total. The molecule has 0 fully saturated rings. The minimum atomic E-state index is -0.692. The number of amides is 1. The maximum atomic E-state index is 13.0. The molecule has 30 heavy (non-hydrogen) atoms. The molecule has 0 aliphatic heterocycles. The summed E-state index contributed by atoms with van der Waals surface area (Å²) in [4.78, 5) is 25.9. The van der Waals surface area contributed by atoms with Crippen molar-refractivity contribution in [2.75, 3.05) is 5.32 Å². The van der Waals surface area contributed by atoms with Crippen molar-refractivity contribution in [3.63, 3.8) is 0 Å². The molecule has 3 rings (SSSR count). The van der Waals surface area contributed by atoms with Gasteiger partial charge in [-0.1, -0.05) is 54.9 Å². The van der Waals surface area contributed by atoms with Crippen LogP contribution in [-0.2, 0) is 4.79 Å². The minimum absolute atomic E-state index is 0.212. The lowest BCUT2D eigenvalue weighted by molar-refractivity contribution is -0.122. The van der Waals surface area contributed by atoms with E-state index in [1.54, 1.807) is 42.5 Å². The lowest BCUT2D eigenvalue weighted by Gasteiger charge is -2.19. The Morgan fingerprint density at radius 1 is 0.967 bits per heavy atom. The smallest absolute Gasteiger partial charge is 0.265 e. The molecule has 0 aromatic heterocycles. The number of carbonyl (C=O) groups is 2. The van der Waals surface area contributed by atoms with E-state index >= 15 is 0 Å². The van der Waals surface area contributed by atoms with Crippen molar-refractivity contribution in [3.8, 4) is 5.75 Å². The van der Waals surface area contributed by atoms with E-state index in [0.29, 0.717) is 34.0 Å². The van der Waals surface area contributed by atoms with E-state index in [9.17, 15) is 9.59 Å². The molecule has 0 heterocycles. The van der Waals surface area contributed by atoms with Crippen LogP contribution in [0.1, 0.15) is 40.4 Å². The van der Waals surface area contributed by atoms with Crippen LogP contribution in [0.5, 0.6) is 5.75 Å². The number of hydrogen-bond donors (Lipinski definition) is 1.